The Balaban J connectivity index is 2.55. The summed E-state index contributed by atoms with van der Waals surface area (Å²) in [6, 6.07) is 8.61. The zero-order chi connectivity index (χ0) is 10.4. The summed E-state index contributed by atoms with van der Waals surface area (Å²) in [5.41, 5.74) is 3.51. The van der Waals surface area contributed by atoms with Gasteiger partial charge in [0.05, 0.1) is 0 Å². The van der Waals surface area contributed by atoms with Crippen molar-refractivity contribution in [3.05, 3.63) is 47.9 Å². The Kier molecular flexibility index (Phi) is 1.60. The van der Waals surface area contributed by atoms with Crippen molar-refractivity contribution < 1.29 is 0 Å². The van der Waals surface area contributed by atoms with Crippen LogP contribution in [-0.4, -0.2) is 9.38 Å². The summed E-state index contributed by atoms with van der Waals surface area (Å²) < 4.78 is 2.12. The van der Waals surface area contributed by atoms with Crippen LogP contribution in [0.25, 0.3) is 16.4 Å². The molecule has 2 nitrogen and oxygen atoms in total. The molecule has 0 amide bonds. The van der Waals surface area contributed by atoms with E-state index in [-0.39, 0.29) is 0 Å². The van der Waals surface area contributed by atoms with Crippen LogP contribution in [0.2, 0.25) is 0 Å². The highest BCUT2D eigenvalue weighted by molar-refractivity contribution is 5.94. The molecule has 0 saturated carbocycles. The summed E-state index contributed by atoms with van der Waals surface area (Å²) in [4.78, 5) is 4.44. The fraction of sp³-hybridized carbons (Fsp3) is 0.154. The molecule has 3 rings (SSSR count). The normalized spacial score (nSPS) is 11.3. The fourth-order valence-electron chi connectivity index (χ4n) is 2.01. The topological polar surface area (TPSA) is 17.3 Å². The fourth-order valence-corrected chi connectivity index (χ4v) is 2.01. The molecule has 2 heteroatoms. The zero-order valence-corrected chi connectivity index (χ0v) is 8.86. The molecule has 2 heterocycles. The minimum absolute atomic E-state index is 1.05. The highest BCUT2D eigenvalue weighted by Gasteiger charge is 2.03. The molecule has 0 bridgehead atoms. The molecule has 0 radical (unpaired) electrons. The van der Waals surface area contributed by atoms with Crippen LogP contribution in [0.4, 0.5) is 0 Å². The lowest BCUT2D eigenvalue weighted by molar-refractivity contribution is 1.12. The van der Waals surface area contributed by atoms with Gasteiger partial charge in [0.2, 0.25) is 0 Å². The first-order chi connectivity index (χ1) is 7.25. The Morgan fingerprint density at radius 3 is 2.87 bits per heavy atom. The van der Waals surface area contributed by atoms with E-state index in [0.29, 0.717) is 0 Å². The van der Waals surface area contributed by atoms with Crippen LogP contribution in [0, 0.1) is 13.8 Å². The summed E-state index contributed by atoms with van der Waals surface area (Å²) in [7, 11) is 0. The Labute approximate surface area is 88.2 Å². The van der Waals surface area contributed by atoms with E-state index >= 15 is 0 Å². The van der Waals surface area contributed by atoms with Gasteiger partial charge >= 0.3 is 0 Å². The van der Waals surface area contributed by atoms with Gasteiger partial charge in [0, 0.05) is 23.5 Å². The largest absolute Gasteiger partial charge is 0.304 e. The van der Waals surface area contributed by atoms with Gasteiger partial charge in [-0.25, -0.2) is 4.98 Å². The van der Waals surface area contributed by atoms with Crippen LogP contribution < -0.4 is 0 Å². The average Bonchev–Trinajstić information content (AvgIpc) is 2.60. The van der Waals surface area contributed by atoms with Crippen molar-refractivity contribution in [3.8, 4) is 0 Å². The number of aryl methyl sites for hydroxylation is 2. The Bertz CT molecular complexity index is 650. The smallest absolute Gasteiger partial charge is 0.144 e. The van der Waals surface area contributed by atoms with Crippen molar-refractivity contribution in [2.75, 3.05) is 0 Å². The molecular formula is C13H12N2. The van der Waals surface area contributed by atoms with Crippen molar-refractivity contribution in [2.45, 2.75) is 13.8 Å². The Hall–Kier alpha value is -1.83. The van der Waals surface area contributed by atoms with Crippen LogP contribution in [0.3, 0.4) is 0 Å². The first kappa shape index (κ1) is 8.48. The van der Waals surface area contributed by atoms with Gasteiger partial charge in [-0.15, -0.1) is 0 Å². The number of nitrogens with zero attached hydrogens (tertiary/aromatic N) is 2. The minimum atomic E-state index is 1.05. The molecule has 0 N–H and O–H groups in total. The second-order valence-electron chi connectivity index (χ2n) is 4.00. The molecule has 0 unspecified atom stereocenters. The second-order valence-corrected chi connectivity index (χ2v) is 4.00. The molecule has 0 atom stereocenters. The number of hydrogen-bond acceptors (Lipinski definition) is 1. The van der Waals surface area contributed by atoms with Crippen molar-refractivity contribution >= 4 is 16.4 Å². The van der Waals surface area contributed by atoms with Crippen molar-refractivity contribution in [3.63, 3.8) is 0 Å². The van der Waals surface area contributed by atoms with Gasteiger partial charge in [-0.2, -0.15) is 0 Å². The van der Waals surface area contributed by atoms with Gasteiger partial charge in [-0.1, -0.05) is 23.8 Å². The molecule has 15 heavy (non-hydrogen) atoms. The van der Waals surface area contributed by atoms with E-state index in [1.54, 1.807) is 0 Å². The third-order valence-corrected chi connectivity index (χ3v) is 2.83. The van der Waals surface area contributed by atoms with Crippen molar-refractivity contribution in [1.82, 2.24) is 9.38 Å². The number of rotatable bonds is 0. The first-order valence-corrected chi connectivity index (χ1v) is 5.09. The molecule has 0 aliphatic carbocycles. The highest BCUT2D eigenvalue weighted by atomic mass is 15.0. The second kappa shape index (κ2) is 2.83. The standard InChI is InChI=1S/C13H12N2/c1-9-3-4-12-11(7-9)5-6-15-10(2)8-14-13(12)15/h3-8H,1-2H3. The molecule has 0 spiro atoms. The van der Waals surface area contributed by atoms with E-state index in [2.05, 4.69) is 53.7 Å². The van der Waals surface area contributed by atoms with Gasteiger partial charge in [-0.3, -0.25) is 0 Å². The lowest BCUT2D eigenvalue weighted by Crippen LogP contribution is -1.88. The van der Waals surface area contributed by atoms with Crippen LogP contribution in [0.5, 0.6) is 0 Å². The maximum Gasteiger partial charge on any atom is 0.144 e. The molecular weight excluding hydrogens is 184 g/mol. The Morgan fingerprint density at radius 1 is 1.13 bits per heavy atom. The Morgan fingerprint density at radius 2 is 2.00 bits per heavy atom. The first-order valence-electron chi connectivity index (χ1n) is 5.09. The highest BCUT2D eigenvalue weighted by Crippen LogP contribution is 2.20. The lowest BCUT2D eigenvalue weighted by atomic mass is 10.1. The van der Waals surface area contributed by atoms with Gasteiger partial charge in [0.25, 0.3) is 0 Å². The van der Waals surface area contributed by atoms with Gasteiger partial charge < -0.3 is 4.40 Å². The van der Waals surface area contributed by atoms with Gasteiger partial charge in [0.1, 0.15) is 5.65 Å². The molecule has 2 aromatic heterocycles. The summed E-state index contributed by atoms with van der Waals surface area (Å²) in [6.45, 7) is 4.18. The number of pyridine rings is 1. The maximum atomic E-state index is 4.44. The van der Waals surface area contributed by atoms with E-state index in [1.165, 1.54) is 22.0 Å². The third-order valence-electron chi connectivity index (χ3n) is 2.83. The molecule has 0 aliphatic heterocycles. The lowest BCUT2D eigenvalue weighted by Gasteiger charge is -2.02. The van der Waals surface area contributed by atoms with E-state index in [1.807, 2.05) is 6.20 Å². The predicted octanol–water partition coefficient (Wildman–Crippen LogP) is 3.10. The van der Waals surface area contributed by atoms with E-state index in [9.17, 15) is 0 Å². The van der Waals surface area contributed by atoms with Crippen LogP contribution in [0.15, 0.2) is 36.7 Å². The van der Waals surface area contributed by atoms with Crippen LogP contribution >= 0.6 is 0 Å². The molecule has 0 aliphatic rings. The molecule has 1 aromatic carbocycles. The van der Waals surface area contributed by atoms with E-state index in [0.717, 1.165) is 5.65 Å². The quantitative estimate of drug-likeness (QED) is 0.540. The monoisotopic (exact) mass is 196 g/mol. The summed E-state index contributed by atoms with van der Waals surface area (Å²) in [5.74, 6) is 0. The SMILES string of the molecule is Cc1ccc2c(ccn3c(C)cnc23)c1. The number of hydrogen-bond donors (Lipinski definition) is 0. The van der Waals surface area contributed by atoms with Crippen LogP contribution in [-0.2, 0) is 0 Å². The zero-order valence-electron chi connectivity index (χ0n) is 8.86. The molecule has 3 aromatic rings. The van der Waals surface area contributed by atoms with E-state index in [4.69, 9.17) is 0 Å². The number of fused-ring (bicyclic) bond motifs is 3. The maximum absolute atomic E-state index is 4.44. The third kappa shape index (κ3) is 1.14. The number of benzene rings is 1. The molecule has 74 valence electrons. The van der Waals surface area contributed by atoms with Gasteiger partial charge in [0.15, 0.2) is 0 Å². The van der Waals surface area contributed by atoms with Crippen LogP contribution in [0.1, 0.15) is 11.3 Å². The number of imidazole rings is 1. The number of aromatic nitrogens is 2. The molecule has 0 saturated heterocycles. The minimum Gasteiger partial charge on any atom is -0.304 e. The van der Waals surface area contributed by atoms with Crippen molar-refractivity contribution in [2.24, 2.45) is 0 Å². The van der Waals surface area contributed by atoms with E-state index < -0.39 is 0 Å². The van der Waals surface area contributed by atoms with Gasteiger partial charge in [-0.05, 0) is 25.3 Å². The molecule has 0 fully saturated rings. The predicted molar refractivity (Wildman–Crippen MR) is 62.2 cm³/mol. The summed E-state index contributed by atoms with van der Waals surface area (Å²) >= 11 is 0. The summed E-state index contributed by atoms with van der Waals surface area (Å²) in [5, 5.41) is 2.48. The average molecular weight is 196 g/mol. The summed E-state index contributed by atoms with van der Waals surface area (Å²) in [6.07, 6.45) is 3.99. The van der Waals surface area contributed by atoms with Crippen molar-refractivity contribution in [1.29, 1.82) is 0 Å².